The maximum atomic E-state index is 12.0. The van der Waals surface area contributed by atoms with Crippen LogP contribution in [0.25, 0.3) is 10.8 Å². The Hall–Kier alpha value is -3.01. The standard InChI is InChI=1S/C14H13N3O6S/c1-8(18)16-12-5-2-9-6-10(24(22,23)7-13(15)19)3-4-11(9)14(12)17(20)21/h2-6H,7H2,1H3,(H2,15,19)(H,16,18). The molecule has 0 aliphatic heterocycles. The van der Waals surface area contributed by atoms with Gasteiger partial charge in [0.1, 0.15) is 11.4 Å². The number of primary amides is 1. The molecule has 0 fully saturated rings. The van der Waals surface area contributed by atoms with Crippen LogP contribution in [-0.2, 0) is 19.4 Å². The molecule has 0 unspecified atom stereocenters. The number of nitrogens with one attached hydrogen (secondary N) is 1. The molecular formula is C14H13N3O6S. The number of nitro groups is 1. The van der Waals surface area contributed by atoms with E-state index in [1.807, 2.05) is 0 Å². The van der Waals surface area contributed by atoms with Crippen molar-refractivity contribution < 1.29 is 22.9 Å². The summed E-state index contributed by atoms with van der Waals surface area (Å²) >= 11 is 0. The Kier molecular flexibility index (Phi) is 4.51. The third kappa shape index (κ3) is 3.49. The molecule has 3 N–H and O–H groups in total. The van der Waals surface area contributed by atoms with Crippen LogP contribution in [0.2, 0.25) is 0 Å². The summed E-state index contributed by atoms with van der Waals surface area (Å²) < 4.78 is 24.1. The van der Waals surface area contributed by atoms with E-state index in [1.165, 1.54) is 31.2 Å². The van der Waals surface area contributed by atoms with Gasteiger partial charge in [0.15, 0.2) is 9.84 Å². The van der Waals surface area contributed by atoms with Gasteiger partial charge in [0.25, 0.3) is 5.69 Å². The van der Waals surface area contributed by atoms with Crippen molar-refractivity contribution in [2.45, 2.75) is 11.8 Å². The number of rotatable bonds is 5. The zero-order valence-corrected chi connectivity index (χ0v) is 13.3. The van der Waals surface area contributed by atoms with Crippen molar-refractivity contribution in [3.8, 4) is 0 Å². The van der Waals surface area contributed by atoms with Crippen molar-refractivity contribution in [3.63, 3.8) is 0 Å². The number of hydrogen-bond donors (Lipinski definition) is 2. The summed E-state index contributed by atoms with van der Waals surface area (Å²) in [4.78, 5) is 32.5. The highest BCUT2D eigenvalue weighted by atomic mass is 32.2. The number of amides is 2. The van der Waals surface area contributed by atoms with Gasteiger partial charge in [-0.2, -0.15) is 0 Å². The second kappa shape index (κ2) is 6.24. The minimum Gasteiger partial charge on any atom is -0.369 e. The van der Waals surface area contributed by atoms with Crippen LogP contribution in [0.1, 0.15) is 6.92 Å². The Labute approximate surface area is 136 Å². The minimum absolute atomic E-state index is 0.00717. The Morgan fingerprint density at radius 1 is 1.25 bits per heavy atom. The molecule has 2 aromatic rings. The van der Waals surface area contributed by atoms with Crippen molar-refractivity contribution >= 4 is 43.8 Å². The fourth-order valence-corrected chi connectivity index (χ4v) is 3.37. The zero-order chi connectivity index (χ0) is 18.1. The van der Waals surface area contributed by atoms with Crippen LogP contribution in [0.15, 0.2) is 35.2 Å². The first-order valence-electron chi connectivity index (χ1n) is 6.61. The van der Waals surface area contributed by atoms with E-state index in [-0.39, 0.29) is 27.0 Å². The summed E-state index contributed by atoms with van der Waals surface area (Å²) in [6, 6.07) is 6.39. The fourth-order valence-electron chi connectivity index (χ4n) is 2.24. The monoisotopic (exact) mass is 351 g/mol. The van der Waals surface area contributed by atoms with Crippen LogP contribution in [0.4, 0.5) is 11.4 Å². The van der Waals surface area contributed by atoms with Crippen molar-refractivity contribution in [1.82, 2.24) is 0 Å². The normalized spacial score (nSPS) is 11.2. The second-order valence-corrected chi connectivity index (χ2v) is 7.00. The van der Waals surface area contributed by atoms with Gasteiger partial charge in [-0.25, -0.2) is 8.42 Å². The Morgan fingerprint density at radius 3 is 2.46 bits per heavy atom. The predicted molar refractivity (Wildman–Crippen MR) is 86.2 cm³/mol. The van der Waals surface area contributed by atoms with E-state index in [2.05, 4.69) is 5.32 Å². The van der Waals surface area contributed by atoms with Gasteiger partial charge in [-0.15, -0.1) is 0 Å². The summed E-state index contributed by atoms with van der Waals surface area (Å²) in [7, 11) is -3.93. The van der Waals surface area contributed by atoms with Crippen LogP contribution in [0, 0.1) is 10.1 Å². The van der Waals surface area contributed by atoms with Crippen molar-refractivity contribution in [3.05, 3.63) is 40.4 Å². The van der Waals surface area contributed by atoms with Crippen LogP contribution < -0.4 is 11.1 Å². The van der Waals surface area contributed by atoms with Crippen LogP contribution in [-0.4, -0.2) is 30.9 Å². The Bertz CT molecular complexity index is 968. The third-order valence-electron chi connectivity index (χ3n) is 3.15. The number of nitrogens with zero attached hydrogens (tertiary/aromatic N) is 1. The molecule has 0 atom stereocenters. The van der Waals surface area contributed by atoms with Crippen molar-refractivity contribution in [2.24, 2.45) is 5.73 Å². The van der Waals surface area contributed by atoms with Gasteiger partial charge in [-0.05, 0) is 29.7 Å². The van der Waals surface area contributed by atoms with Crippen molar-refractivity contribution in [1.29, 1.82) is 0 Å². The molecule has 9 nitrogen and oxygen atoms in total. The molecule has 24 heavy (non-hydrogen) atoms. The molecule has 0 aromatic heterocycles. The first kappa shape index (κ1) is 17.3. The van der Waals surface area contributed by atoms with Gasteiger partial charge in [0.2, 0.25) is 11.8 Å². The zero-order valence-electron chi connectivity index (χ0n) is 12.5. The Balaban J connectivity index is 2.66. The maximum Gasteiger partial charge on any atom is 0.300 e. The van der Waals surface area contributed by atoms with Gasteiger partial charge >= 0.3 is 0 Å². The highest BCUT2D eigenvalue weighted by Gasteiger charge is 2.22. The van der Waals surface area contributed by atoms with Crippen molar-refractivity contribution in [2.75, 3.05) is 11.1 Å². The molecule has 0 bridgehead atoms. The number of fused-ring (bicyclic) bond motifs is 1. The van der Waals surface area contributed by atoms with Gasteiger partial charge in [0.05, 0.1) is 15.2 Å². The largest absolute Gasteiger partial charge is 0.369 e. The van der Waals surface area contributed by atoms with Gasteiger partial charge in [-0.1, -0.05) is 6.07 Å². The summed E-state index contributed by atoms with van der Waals surface area (Å²) in [6.07, 6.45) is 0. The number of carbonyl (C=O) groups excluding carboxylic acids is 2. The van der Waals surface area contributed by atoms with Crippen LogP contribution in [0.5, 0.6) is 0 Å². The average molecular weight is 351 g/mol. The molecule has 0 saturated carbocycles. The van der Waals surface area contributed by atoms with E-state index in [0.717, 1.165) is 6.07 Å². The van der Waals surface area contributed by atoms with E-state index in [1.54, 1.807) is 0 Å². The number of nitrogens with two attached hydrogens (primary N) is 1. The average Bonchev–Trinajstić information content (AvgIpc) is 2.44. The molecule has 0 spiro atoms. The molecule has 0 heterocycles. The SMILES string of the molecule is CC(=O)Nc1ccc2cc(S(=O)(=O)CC(N)=O)ccc2c1[N+](=O)[O-]. The fraction of sp³-hybridized carbons (Fsp3) is 0.143. The molecule has 10 heteroatoms. The number of carbonyl (C=O) groups is 2. The smallest absolute Gasteiger partial charge is 0.300 e. The quantitative estimate of drug-likeness (QED) is 0.605. The number of sulfone groups is 1. The van der Waals surface area contributed by atoms with E-state index in [9.17, 15) is 28.1 Å². The molecule has 0 radical (unpaired) electrons. The Morgan fingerprint density at radius 2 is 1.92 bits per heavy atom. The van der Waals surface area contributed by atoms with Crippen LogP contribution >= 0.6 is 0 Å². The number of hydrogen-bond acceptors (Lipinski definition) is 6. The summed E-state index contributed by atoms with van der Waals surface area (Å²) in [5, 5.41) is 14.1. The third-order valence-corrected chi connectivity index (χ3v) is 4.78. The molecule has 2 rings (SSSR count). The lowest BCUT2D eigenvalue weighted by Gasteiger charge is -2.08. The number of nitro benzene ring substituents is 1. The summed E-state index contributed by atoms with van der Waals surface area (Å²) in [6.45, 7) is 1.22. The highest BCUT2D eigenvalue weighted by Crippen LogP contribution is 2.34. The lowest BCUT2D eigenvalue weighted by Crippen LogP contribution is -2.23. The second-order valence-electron chi connectivity index (χ2n) is 5.01. The summed E-state index contributed by atoms with van der Waals surface area (Å²) in [5.74, 6) is -2.33. The van der Waals surface area contributed by atoms with Gasteiger partial charge in [-0.3, -0.25) is 19.7 Å². The predicted octanol–water partition coefficient (Wildman–Crippen LogP) is 0.965. The topological polar surface area (TPSA) is 149 Å². The first-order chi connectivity index (χ1) is 11.1. The van der Waals surface area contributed by atoms with Crippen LogP contribution in [0.3, 0.4) is 0 Å². The maximum absolute atomic E-state index is 12.0. The minimum atomic E-state index is -3.93. The highest BCUT2D eigenvalue weighted by molar-refractivity contribution is 7.92. The molecule has 0 aliphatic rings. The van der Waals surface area contributed by atoms with E-state index < -0.39 is 32.3 Å². The molecule has 0 saturated heterocycles. The lowest BCUT2D eigenvalue weighted by molar-refractivity contribution is -0.382. The molecule has 126 valence electrons. The summed E-state index contributed by atoms with van der Waals surface area (Å²) in [5.41, 5.74) is 4.57. The van der Waals surface area contributed by atoms with Gasteiger partial charge in [0, 0.05) is 6.92 Å². The first-order valence-corrected chi connectivity index (χ1v) is 8.27. The molecule has 2 aromatic carbocycles. The van der Waals surface area contributed by atoms with E-state index in [0.29, 0.717) is 0 Å². The van der Waals surface area contributed by atoms with E-state index in [4.69, 9.17) is 5.73 Å². The number of benzene rings is 2. The van der Waals surface area contributed by atoms with E-state index >= 15 is 0 Å². The van der Waals surface area contributed by atoms with Gasteiger partial charge < -0.3 is 11.1 Å². The molecule has 0 aliphatic carbocycles. The molecular weight excluding hydrogens is 338 g/mol. The number of anilines is 1. The molecule has 2 amide bonds. The lowest BCUT2D eigenvalue weighted by atomic mass is 10.1.